The Morgan fingerprint density at radius 3 is 2.67 bits per heavy atom. The van der Waals surface area contributed by atoms with Gasteiger partial charge in [-0.3, -0.25) is 4.79 Å². The summed E-state index contributed by atoms with van der Waals surface area (Å²) in [4.78, 5) is 10.1. The van der Waals surface area contributed by atoms with Crippen molar-refractivity contribution in [2.75, 3.05) is 0 Å². The minimum absolute atomic E-state index is 0.0394. The Hall–Kier alpha value is -0.760. The summed E-state index contributed by atoms with van der Waals surface area (Å²) < 4.78 is 4.41. The normalized spacial score (nSPS) is 10.7. The molecule has 0 radical (unpaired) electrons. The molecule has 3 heteroatoms. The van der Waals surface area contributed by atoms with Crippen LogP contribution in [-0.4, -0.2) is 5.97 Å². The molecule has 0 fully saturated rings. The van der Waals surface area contributed by atoms with Crippen molar-refractivity contribution < 1.29 is 9.53 Å². The molecule has 9 heavy (non-hydrogen) atoms. The molecule has 0 saturated heterocycles. The quantitative estimate of drug-likeness (QED) is 0.338. The van der Waals surface area contributed by atoms with Gasteiger partial charge in [0.15, 0.2) is 5.22 Å². The van der Waals surface area contributed by atoms with Crippen LogP contribution in [0, 0.1) is 0 Å². The van der Waals surface area contributed by atoms with Crippen molar-refractivity contribution in [3.63, 3.8) is 0 Å². The Labute approximate surface area is 58.8 Å². The maximum Gasteiger partial charge on any atom is 0.308 e. The van der Waals surface area contributed by atoms with Crippen LogP contribution in [-0.2, 0) is 9.53 Å². The van der Waals surface area contributed by atoms with Crippen molar-refractivity contribution in [3.8, 4) is 0 Å². The summed E-state index contributed by atoms with van der Waals surface area (Å²) in [5.74, 6) is -0.432. The van der Waals surface area contributed by atoms with Gasteiger partial charge in [0.05, 0.1) is 0 Å². The summed E-state index contributed by atoms with van der Waals surface area (Å²) in [6.45, 7) is 4.63. The van der Waals surface area contributed by atoms with Crippen molar-refractivity contribution >= 4 is 17.6 Å². The Kier molecular flexibility index (Phi) is 3.80. The summed E-state index contributed by atoms with van der Waals surface area (Å²) in [7, 11) is 0. The van der Waals surface area contributed by atoms with Gasteiger partial charge in [-0.05, 0) is 17.7 Å². The fourth-order valence-electron chi connectivity index (χ4n) is 0.264. The highest BCUT2D eigenvalue weighted by atomic mass is 35.5. The molecule has 0 spiro atoms. The molecule has 0 bridgehead atoms. The first-order valence-corrected chi connectivity index (χ1v) is 2.71. The highest BCUT2D eigenvalue weighted by Crippen LogP contribution is 2.02. The highest BCUT2D eigenvalue weighted by molar-refractivity contribution is 6.29. The standard InChI is InChI=1S/C6H7ClO2/c1-3-4-6(7)9-5(2)8/h3-4H,1H2,2H3. The molecule has 0 amide bonds. The average Bonchev–Trinajstić information content (AvgIpc) is 1.63. The average molecular weight is 147 g/mol. The number of rotatable bonds is 2. The van der Waals surface area contributed by atoms with E-state index in [4.69, 9.17) is 11.6 Å². The molecular weight excluding hydrogens is 140 g/mol. The van der Waals surface area contributed by atoms with E-state index in [0.717, 1.165) is 0 Å². The lowest BCUT2D eigenvalue weighted by atomic mass is 10.6. The van der Waals surface area contributed by atoms with Crippen LogP contribution in [0.15, 0.2) is 23.9 Å². The van der Waals surface area contributed by atoms with Crippen LogP contribution in [0.5, 0.6) is 0 Å². The van der Waals surface area contributed by atoms with Crippen molar-refractivity contribution in [1.82, 2.24) is 0 Å². The Morgan fingerprint density at radius 2 is 2.33 bits per heavy atom. The molecule has 0 aromatic carbocycles. The third-order valence-electron chi connectivity index (χ3n) is 0.490. The molecule has 0 atom stereocenters. The zero-order valence-corrected chi connectivity index (χ0v) is 5.81. The predicted molar refractivity (Wildman–Crippen MR) is 35.9 cm³/mol. The van der Waals surface area contributed by atoms with Gasteiger partial charge in [-0.25, -0.2) is 0 Å². The van der Waals surface area contributed by atoms with Crippen LogP contribution < -0.4 is 0 Å². The molecule has 0 aromatic rings. The van der Waals surface area contributed by atoms with Gasteiger partial charge < -0.3 is 4.74 Å². The van der Waals surface area contributed by atoms with Crippen LogP contribution >= 0.6 is 11.6 Å². The fourth-order valence-corrected chi connectivity index (χ4v) is 0.462. The number of carbonyl (C=O) groups excluding carboxylic acids is 1. The molecule has 0 saturated carbocycles. The summed E-state index contributed by atoms with van der Waals surface area (Å²) in [5, 5.41) is 0.0394. The van der Waals surface area contributed by atoms with Crippen LogP contribution in [0.4, 0.5) is 0 Å². The number of ether oxygens (including phenoxy) is 1. The van der Waals surface area contributed by atoms with E-state index in [1.807, 2.05) is 0 Å². The molecule has 0 aliphatic rings. The van der Waals surface area contributed by atoms with Gasteiger partial charge in [-0.1, -0.05) is 12.7 Å². The van der Waals surface area contributed by atoms with E-state index in [1.54, 1.807) is 0 Å². The van der Waals surface area contributed by atoms with E-state index in [2.05, 4.69) is 11.3 Å². The maximum atomic E-state index is 10.1. The predicted octanol–water partition coefficient (Wildman–Crippen LogP) is 1.82. The number of carbonyl (C=O) groups is 1. The summed E-state index contributed by atoms with van der Waals surface area (Å²) in [6.07, 6.45) is 2.83. The summed E-state index contributed by atoms with van der Waals surface area (Å²) in [6, 6.07) is 0. The third-order valence-corrected chi connectivity index (χ3v) is 0.693. The molecule has 0 unspecified atom stereocenters. The van der Waals surface area contributed by atoms with Crippen molar-refractivity contribution in [1.29, 1.82) is 0 Å². The topological polar surface area (TPSA) is 26.3 Å². The van der Waals surface area contributed by atoms with Gasteiger partial charge in [-0.2, -0.15) is 0 Å². The number of hydrogen-bond donors (Lipinski definition) is 0. The second-order valence-corrected chi connectivity index (χ2v) is 1.67. The number of esters is 1. The Balaban J connectivity index is 3.75. The number of hydrogen-bond acceptors (Lipinski definition) is 2. The smallest absolute Gasteiger partial charge is 0.308 e. The molecule has 0 rings (SSSR count). The molecule has 2 nitrogen and oxygen atoms in total. The molecule has 0 N–H and O–H groups in total. The van der Waals surface area contributed by atoms with Crippen LogP contribution in [0.3, 0.4) is 0 Å². The Bertz CT molecular complexity index is 149. The van der Waals surface area contributed by atoms with Gasteiger partial charge in [0, 0.05) is 6.92 Å². The zero-order valence-electron chi connectivity index (χ0n) is 5.06. The summed E-state index contributed by atoms with van der Waals surface area (Å²) in [5.41, 5.74) is 0. The molecule has 50 valence electrons. The first-order valence-electron chi connectivity index (χ1n) is 2.33. The molecular formula is C6H7ClO2. The zero-order chi connectivity index (χ0) is 7.28. The fraction of sp³-hybridized carbons (Fsp3) is 0.167. The molecule has 0 heterocycles. The first kappa shape index (κ1) is 8.24. The summed E-state index contributed by atoms with van der Waals surface area (Å²) >= 11 is 5.32. The van der Waals surface area contributed by atoms with Crippen LogP contribution in [0.2, 0.25) is 0 Å². The van der Waals surface area contributed by atoms with Gasteiger partial charge in [0.1, 0.15) is 0 Å². The van der Waals surface area contributed by atoms with E-state index < -0.39 is 5.97 Å². The second kappa shape index (κ2) is 4.15. The minimum Gasteiger partial charge on any atom is -0.414 e. The monoisotopic (exact) mass is 146 g/mol. The SMILES string of the molecule is C=CC=C(Cl)OC(C)=O. The largest absolute Gasteiger partial charge is 0.414 e. The van der Waals surface area contributed by atoms with Crippen LogP contribution in [0.25, 0.3) is 0 Å². The lowest BCUT2D eigenvalue weighted by Gasteiger charge is -1.93. The highest BCUT2D eigenvalue weighted by Gasteiger charge is 1.93. The second-order valence-electron chi connectivity index (χ2n) is 1.30. The lowest BCUT2D eigenvalue weighted by molar-refractivity contribution is -0.135. The molecule has 0 aliphatic heterocycles. The third kappa shape index (κ3) is 5.11. The first-order chi connectivity index (χ1) is 4.16. The Morgan fingerprint density at radius 1 is 1.78 bits per heavy atom. The van der Waals surface area contributed by atoms with Crippen molar-refractivity contribution in [2.45, 2.75) is 6.92 Å². The number of halogens is 1. The van der Waals surface area contributed by atoms with E-state index in [-0.39, 0.29) is 5.22 Å². The van der Waals surface area contributed by atoms with E-state index in [9.17, 15) is 4.79 Å². The van der Waals surface area contributed by atoms with Gasteiger partial charge >= 0.3 is 5.97 Å². The van der Waals surface area contributed by atoms with E-state index >= 15 is 0 Å². The maximum absolute atomic E-state index is 10.1. The molecule has 0 aromatic heterocycles. The van der Waals surface area contributed by atoms with Crippen molar-refractivity contribution in [2.24, 2.45) is 0 Å². The van der Waals surface area contributed by atoms with E-state index in [1.165, 1.54) is 19.1 Å². The van der Waals surface area contributed by atoms with Crippen molar-refractivity contribution in [3.05, 3.63) is 23.9 Å². The van der Waals surface area contributed by atoms with Crippen LogP contribution in [0.1, 0.15) is 6.92 Å². The molecule has 0 aliphatic carbocycles. The minimum atomic E-state index is -0.432. The van der Waals surface area contributed by atoms with Gasteiger partial charge in [-0.15, -0.1) is 0 Å². The number of allylic oxidation sites excluding steroid dienone is 2. The lowest BCUT2D eigenvalue weighted by Crippen LogP contribution is -1.93. The van der Waals surface area contributed by atoms with E-state index in [0.29, 0.717) is 0 Å². The van der Waals surface area contributed by atoms with Gasteiger partial charge in [0.2, 0.25) is 0 Å². The van der Waals surface area contributed by atoms with Gasteiger partial charge in [0.25, 0.3) is 0 Å².